The molecule has 8 heavy (non-hydrogen) atoms. The van der Waals surface area contributed by atoms with E-state index < -0.39 is 0 Å². The second-order valence-corrected chi connectivity index (χ2v) is 1.54. The monoisotopic (exact) mass is 110 g/mol. The van der Waals surface area contributed by atoms with Gasteiger partial charge in [0.25, 0.3) is 0 Å². The molecule has 0 saturated heterocycles. The zero-order valence-electron chi connectivity index (χ0n) is 5.23. The fraction of sp³-hybridized carbons (Fsp3) is 0.429. The Labute approximate surface area is 50.0 Å². The van der Waals surface area contributed by atoms with Crippen LogP contribution in [0.4, 0.5) is 0 Å². The van der Waals surface area contributed by atoms with Crippen molar-refractivity contribution in [3.63, 3.8) is 0 Å². The molecule has 0 bridgehead atoms. The van der Waals surface area contributed by atoms with Crippen molar-refractivity contribution >= 4 is 0 Å². The van der Waals surface area contributed by atoms with Crippen LogP contribution in [0.5, 0.6) is 0 Å². The van der Waals surface area contributed by atoms with Crippen molar-refractivity contribution in [2.45, 2.75) is 13.8 Å². The molecule has 0 spiro atoms. The first-order chi connectivity index (χ1) is 3.81. The zero-order valence-corrected chi connectivity index (χ0v) is 5.23. The average Bonchev–Trinajstić information content (AvgIpc) is 1.83. The molecule has 0 heterocycles. The summed E-state index contributed by atoms with van der Waals surface area (Å²) in [5.74, 6) is 5.42. The molecule has 0 saturated carbocycles. The molecule has 1 nitrogen and oxygen atoms in total. The van der Waals surface area contributed by atoms with Crippen molar-refractivity contribution in [3.8, 4) is 11.8 Å². The molecule has 0 fully saturated rings. The van der Waals surface area contributed by atoms with Gasteiger partial charge >= 0.3 is 0 Å². The van der Waals surface area contributed by atoms with Crippen molar-refractivity contribution in [3.05, 3.63) is 11.6 Å². The zero-order chi connectivity index (χ0) is 6.41. The standard InChI is InChI=1S/C7H10O/c1-3-4-5-7(2)6-8/h5,8H,6H2,1-2H3/b7-5-. The minimum absolute atomic E-state index is 0.106. The van der Waals surface area contributed by atoms with E-state index in [1.807, 2.05) is 6.92 Å². The molecule has 0 unspecified atom stereocenters. The quantitative estimate of drug-likeness (QED) is 0.498. The van der Waals surface area contributed by atoms with Crippen molar-refractivity contribution in [1.82, 2.24) is 0 Å². The van der Waals surface area contributed by atoms with Gasteiger partial charge in [-0.3, -0.25) is 0 Å². The summed E-state index contributed by atoms with van der Waals surface area (Å²) in [6.45, 7) is 3.71. The molecular weight excluding hydrogens is 100 g/mol. The van der Waals surface area contributed by atoms with Crippen LogP contribution in [0, 0.1) is 11.8 Å². The van der Waals surface area contributed by atoms with Crippen molar-refractivity contribution in [1.29, 1.82) is 0 Å². The maximum atomic E-state index is 8.43. The van der Waals surface area contributed by atoms with E-state index in [9.17, 15) is 0 Å². The van der Waals surface area contributed by atoms with E-state index in [0.717, 1.165) is 5.57 Å². The van der Waals surface area contributed by atoms with Crippen LogP contribution in [-0.2, 0) is 0 Å². The highest BCUT2D eigenvalue weighted by molar-refractivity contribution is 5.18. The maximum Gasteiger partial charge on any atom is 0.0648 e. The van der Waals surface area contributed by atoms with E-state index in [0.29, 0.717) is 0 Å². The topological polar surface area (TPSA) is 20.2 Å². The van der Waals surface area contributed by atoms with Crippen LogP contribution in [0.1, 0.15) is 13.8 Å². The number of allylic oxidation sites excluding steroid dienone is 1. The highest BCUT2D eigenvalue weighted by Gasteiger charge is 1.77. The first-order valence-corrected chi connectivity index (χ1v) is 2.50. The third-order valence-electron chi connectivity index (χ3n) is 0.712. The lowest BCUT2D eigenvalue weighted by Crippen LogP contribution is -1.80. The van der Waals surface area contributed by atoms with E-state index in [2.05, 4.69) is 11.8 Å². The summed E-state index contributed by atoms with van der Waals surface area (Å²) in [5, 5.41) is 8.43. The fourth-order valence-corrected chi connectivity index (χ4v) is 0.241. The van der Waals surface area contributed by atoms with Gasteiger partial charge in [-0.15, -0.1) is 5.92 Å². The largest absolute Gasteiger partial charge is 0.392 e. The maximum absolute atomic E-state index is 8.43. The van der Waals surface area contributed by atoms with E-state index in [-0.39, 0.29) is 6.61 Å². The Bertz CT molecular complexity index is 134. The van der Waals surface area contributed by atoms with Gasteiger partial charge in [-0.05, 0) is 25.5 Å². The van der Waals surface area contributed by atoms with E-state index in [4.69, 9.17) is 5.11 Å². The molecule has 0 aromatic carbocycles. The van der Waals surface area contributed by atoms with E-state index in [1.54, 1.807) is 13.0 Å². The predicted octanol–water partition coefficient (Wildman–Crippen LogP) is 0.948. The number of rotatable bonds is 1. The van der Waals surface area contributed by atoms with Crippen LogP contribution < -0.4 is 0 Å². The van der Waals surface area contributed by atoms with Gasteiger partial charge in [-0.1, -0.05) is 5.92 Å². The number of aliphatic hydroxyl groups is 1. The Kier molecular flexibility index (Phi) is 4.01. The highest BCUT2D eigenvalue weighted by atomic mass is 16.3. The molecule has 0 aliphatic heterocycles. The molecule has 1 N–H and O–H groups in total. The Morgan fingerprint density at radius 3 is 2.75 bits per heavy atom. The molecule has 0 amide bonds. The molecule has 1 heteroatoms. The van der Waals surface area contributed by atoms with Crippen molar-refractivity contribution in [2.24, 2.45) is 0 Å². The van der Waals surface area contributed by atoms with Crippen LogP contribution in [0.25, 0.3) is 0 Å². The third kappa shape index (κ3) is 3.45. The van der Waals surface area contributed by atoms with Crippen molar-refractivity contribution < 1.29 is 5.11 Å². The number of aliphatic hydroxyl groups excluding tert-OH is 1. The minimum Gasteiger partial charge on any atom is -0.392 e. The molecule has 0 aliphatic rings. The lowest BCUT2D eigenvalue weighted by Gasteiger charge is -1.84. The minimum atomic E-state index is 0.106. The van der Waals surface area contributed by atoms with Gasteiger partial charge in [0.2, 0.25) is 0 Å². The molecular formula is C7H10O. The number of hydrogen-bond donors (Lipinski definition) is 1. The molecule has 44 valence electrons. The Hall–Kier alpha value is -0.740. The summed E-state index contributed by atoms with van der Waals surface area (Å²) < 4.78 is 0. The smallest absolute Gasteiger partial charge is 0.0648 e. The highest BCUT2D eigenvalue weighted by Crippen LogP contribution is 1.85. The molecule has 0 aliphatic carbocycles. The van der Waals surface area contributed by atoms with Crippen LogP contribution in [0.15, 0.2) is 11.6 Å². The third-order valence-corrected chi connectivity index (χ3v) is 0.712. The summed E-state index contributed by atoms with van der Waals surface area (Å²) in [5.41, 5.74) is 0.902. The fourth-order valence-electron chi connectivity index (χ4n) is 0.241. The van der Waals surface area contributed by atoms with Gasteiger partial charge in [-0.2, -0.15) is 0 Å². The molecule has 0 rings (SSSR count). The van der Waals surface area contributed by atoms with Crippen LogP contribution >= 0.6 is 0 Å². The first kappa shape index (κ1) is 7.26. The lowest BCUT2D eigenvalue weighted by molar-refractivity contribution is 0.331. The van der Waals surface area contributed by atoms with Gasteiger partial charge in [0.15, 0.2) is 0 Å². The predicted molar refractivity (Wildman–Crippen MR) is 34.3 cm³/mol. The van der Waals surface area contributed by atoms with Gasteiger partial charge in [0.05, 0.1) is 6.61 Å². The van der Waals surface area contributed by atoms with Crippen LogP contribution in [-0.4, -0.2) is 11.7 Å². The van der Waals surface area contributed by atoms with Crippen LogP contribution in [0.3, 0.4) is 0 Å². The summed E-state index contributed by atoms with van der Waals surface area (Å²) in [7, 11) is 0. The van der Waals surface area contributed by atoms with Crippen molar-refractivity contribution in [2.75, 3.05) is 6.61 Å². The van der Waals surface area contributed by atoms with Gasteiger partial charge in [0, 0.05) is 0 Å². The second kappa shape index (κ2) is 4.42. The first-order valence-electron chi connectivity index (χ1n) is 2.50. The normalized spacial score (nSPS) is 10.1. The van der Waals surface area contributed by atoms with Gasteiger partial charge in [0.1, 0.15) is 0 Å². The lowest BCUT2D eigenvalue weighted by atomic mass is 10.3. The van der Waals surface area contributed by atoms with Crippen LogP contribution in [0.2, 0.25) is 0 Å². The molecule has 0 radical (unpaired) electrons. The van der Waals surface area contributed by atoms with E-state index >= 15 is 0 Å². The summed E-state index contributed by atoms with van der Waals surface area (Å²) in [4.78, 5) is 0. The summed E-state index contributed by atoms with van der Waals surface area (Å²) >= 11 is 0. The second-order valence-electron chi connectivity index (χ2n) is 1.54. The summed E-state index contributed by atoms with van der Waals surface area (Å²) in [6, 6.07) is 0. The van der Waals surface area contributed by atoms with E-state index in [1.165, 1.54) is 0 Å². The average molecular weight is 110 g/mol. The molecule has 0 atom stereocenters. The molecule has 0 aromatic heterocycles. The Morgan fingerprint density at radius 2 is 2.38 bits per heavy atom. The SMILES string of the molecule is CC#C/C=C(/C)CO. The Morgan fingerprint density at radius 1 is 1.75 bits per heavy atom. The molecule has 0 aromatic rings. The van der Waals surface area contributed by atoms with Gasteiger partial charge in [-0.25, -0.2) is 0 Å². The Balaban J connectivity index is 3.69. The number of hydrogen-bond acceptors (Lipinski definition) is 1. The van der Waals surface area contributed by atoms with Gasteiger partial charge < -0.3 is 5.11 Å². The summed E-state index contributed by atoms with van der Waals surface area (Å²) in [6.07, 6.45) is 1.71.